The van der Waals surface area contributed by atoms with E-state index in [1.54, 1.807) is 0 Å². The number of carbonyl (C=O) groups is 1. The second kappa shape index (κ2) is 6.37. The smallest absolute Gasteiger partial charge is 0.322 e. The summed E-state index contributed by atoms with van der Waals surface area (Å²) in [6.45, 7) is 0.867. The number of rotatable bonds is 2. The molecule has 0 saturated carbocycles. The Hall–Kier alpha value is -1.40. The molecule has 1 fully saturated rings. The quantitative estimate of drug-likeness (QED) is 0.883. The van der Waals surface area contributed by atoms with Gasteiger partial charge in [0.1, 0.15) is 5.69 Å². The van der Waals surface area contributed by atoms with Crippen LogP contribution in [0.1, 0.15) is 12.8 Å². The molecule has 0 spiro atoms. The maximum Gasteiger partial charge on any atom is 0.322 e. The summed E-state index contributed by atoms with van der Waals surface area (Å²) in [5, 5.41) is 11.2. The van der Waals surface area contributed by atoms with Gasteiger partial charge in [-0.2, -0.15) is 0 Å². The Bertz CT molecular complexity index is 490. The zero-order valence-corrected chi connectivity index (χ0v) is 11.5. The SMILES string of the molecule is O=C(Nc1c(F)cc(Cl)cc1F)N1CCCC(CO)C1. The van der Waals surface area contributed by atoms with Crippen molar-refractivity contribution in [2.45, 2.75) is 12.8 Å². The van der Waals surface area contributed by atoms with E-state index in [2.05, 4.69) is 5.32 Å². The summed E-state index contributed by atoms with van der Waals surface area (Å²) in [6, 6.07) is 1.29. The van der Waals surface area contributed by atoms with Crippen LogP contribution in [0.25, 0.3) is 0 Å². The molecule has 1 unspecified atom stereocenters. The predicted molar refractivity (Wildman–Crippen MR) is 71.8 cm³/mol. The van der Waals surface area contributed by atoms with Crippen LogP contribution in [0.2, 0.25) is 5.02 Å². The molecule has 1 aromatic rings. The second-order valence-corrected chi connectivity index (χ2v) is 5.25. The van der Waals surface area contributed by atoms with Gasteiger partial charge in [-0.05, 0) is 30.9 Å². The molecule has 1 atom stereocenters. The van der Waals surface area contributed by atoms with E-state index in [-0.39, 0.29) is 17.5 Å². The van der Waals surface area contributed by atoms with Gasteiger partial charge in [-0.1, -0.05) is 11.6 Å². The van der Waals surface area contributed by atoms with Crippen molar-refractivity contribution in [2.75, 3.05) is 25.0 Å². The number of anilines is 1. The van der Waals surface area contributed by atoms with Crippen LogP contribution in [-0.2, 0) is 0 Å². The van der Waals surface area contributed by atoms with E-state index in [0.717, 1.165) is 25.0 Å². The lowest BCUT2D eigenvalue weighted by Crippen LogP contribution is -2.43. The number of piperidine rings is 1. The zero-order chi connectivity index (χ0) is 14.7. The summed E-state index contributed by atoms with van der Waals surface area (Å²) in [4.78, 5) is 13.4. The van der Waals surface area contributed by atoms with Gasteiger partial charge >= 0.3 is 6.03 Å². The molecule has 1 aliphatic heterocycles. The monoisotopic (exact) mass is 304 g/mol. The molecule has 0 radical (unpaired) electrons. The first kappa shape index (κ1) is 15.0. The molecule has 2 amide bonds. The molecule has 7 heteroatoms. The molecule has 2 rings (SSSR count). The van der Waals surface area contributed by atoms with Crippen molar-refractivity contribution in [3.05, 3.63) is 28.8 Å². The van der Waals surface area contributed by atoms with Crippen LogP contribution in [0.4, 0.5) is 19.3 Å². The number of benzene rings is 1. The van der Waals surface area contributed by atoms with Crippen LogP contribution in [0.5, 0.6) is 0 Å². The van der Waals surface area contributed by atoms with Crippen LogP contribution >= 0.6 is 11.6 Å². The molecule has 2 N–H and O–H groups in total. The molecule has 20 heavy (non-hydrogen) atoms. The van der Waals surface area contributed by atoms with Crippen molar-refractivity contribution in [2.24, 2.45) is 5.92 Å². The lowest BCUT2D eigenvalue weighted by Gasteiger charge is -2.31. The second-order valence-electron chi connectivity index (χ2n) is 4.81. The highest BCUT2D eigenvalue weighted by Crippen LogP contribution is 2.24. The Balaban J connectivity index is 2.08. The summed E-state index contributed by atoms with van der Waals surface area (Å²) in [5.74, 6) is -1.83. The number of urea groups is 1. The third-order valence-electron chi connectivity index (χ3n) is 3.30. The fourth-order valence-electron chi connectivity index (χ4n) is 2.25. The number of likely N-dealkylation sites (tertiary alicyclic amines) is 1. The minimum absolute atomic E-state index is 0.00650. The number of nitrogens with zero attached hydrogens (tertiary/aromatic N) is 1. The minimum atomic E-state index is -0.918. The lowest BCUT2D eigenvalue weighted by atomic mass is 9.99. The molecule has 1 saturated heterocycles. The van der Waals surface area contributed by atoms with Crippen molar-refractivity contribution in [3.63, 3.8) is 0 Å². The molecule has 1 heterocycles. The number of hydrogen-bond donors (Lipinski definition) is 2. The van der Waals surface area contributed by atoms with Crippen molar-refractivity contribution >= 4 is 23.3 Å². The zero-order valence-electron chi connectivity index (χ0n) is 10.7. The first-order chi connectivity index (χ1) is 9.51. The Morgan fingerprint density at radius 2 is 2.10 bits per heavy atom. The van der Waals surface area contributed by atoms with E-state index in [0.29, 0.717) is 13.1 Å². The lowest BCUT2D eigenvalue weighted by molar-refractivity contribution is 0.136. The highest BCUT2D eigenvalue weighted by molar-refractivity contribution is 6.30. The maximum atomic E-state index is 13.6. The van der Waals surface area contributed by atoms with Crippen LogP contribution in [0.3, 0.4) is 0 Å². The maximum absolute atomic E-state index is 13.6. The third-order valence-corrected chi connectivity index (χ3v) is 3.52. The topological polar surface area (TPSA) is 52.6 Å². The summed E-state index contributed by atoms with van der Waals surface area (Å²) in [5.41, 5.74) is -0.509. The molecule has 1 aliphatic rings. The van der Waals surface area contributed by atoms with Crippen LogP contribution in [0.15, 0.2) is 12.1 Å². The predicted octanol–water partition coefficient (Wildman–Crippen LogP) is 2.85. The molecular formula is C13H15ClF2N2O2. The highest BCUT2D eigenvalue weighted by Gasteiger charge is 2.24. The normalized spacial score (nSPS) is 19.0. The molecule has 1 aromatic carbocycles. The first-order valence-corrected chi connectivity index (χ1v) is 6.70. The van der Waals surface area contributed by atoms with Gasteiger partial charge in [-0.15, -0.1) is 0 Å². The molecule has 4 nitrogen and oxygen atoms in total. The van der Waals surface area contributed by atoms with Crippen molar-refractivity contribution in [1.29, 1.82) is 0 Å². The van der Waals surface area contributed by atoms with Gasteiger partial charge in [-0.3, -0.25) is 0 Å². The number of carbonyl (C=O) groups excluding carboxylic acids is 1. The number of aliphatic hydroxyl groups is 1. The number of halogens is 3. The fourth-order valence-corrected chi connectivity index (χ4v) is 2.44. The van der Waals surface area contributed by atoms with Gasteiger partial charge in [0.15, 0.2) is 11.6 Å². The third kappa shape index (κ3) is 3.37. The van der Waals surface area contributed by atoms with Gasteiger partial charge < -0.3 is 15.3 Å². The van der Waals surface area contributed by atoms with E-state index < -0.39 is 23.4 Å². The van der Waals surface area contributed by atoms with Crippen molar-refractivity contribution in [3.8, 4) is 0 Å². The molecule has 0 bridgehead atoms. The number of hydrogen-bond acceptors (Lipinski definition) is 2. The number of amides is 2. The first-order valence-electron chi connectivity index (χ1n) is 6.32. The summed E-state index contributed by atoms with van der Waals surface area (Å²) >= 11 is 5.51. The highest BCUT2D eigenvalue weighted by atomic mass is 35.5. The van der Waals surface area contributed by atoms with E-state index in [9.17, 15) is 13.6 Å². The van der Waals surface area contributed by atoms with Crippen molar-refractivity contribution in [1.82, 2.24) is 4.90 Å². The van der Waals surface area contributed by atoms with Gasteiger partial charge in [0, 0.05) is 24.7 Å². The number of nitrogens with one attached hydrogen (secondary N) is 1. The summed E-state index contributed by atoms with van der Waals surface area (Å²) in [6.07, 6.45) is 1.59. The van der Waals surface area contributed by atoms with Gasteiger partial charge in [0.2, 0.25) is 0 Å². The fraction of sp³-hybridized carbons (Fsp3) is 0.462. The average molecular weight is 305 g/mol. The standard InChI is InChI=1S/C13H15ClF2N2O2/c14-9-4-10(15)12(11(16)5-9)17-13(20)18-3-1-2-8(6-18)7-19/h4-5,8,19H,1-3,6-7H2,(H,17,20). The molecule has 0 aliphatic carbocycles. The van der Waals surface area contributed by atoms with E-state index in [1.165, 1.54) is 4.90 Å². The van der Waals surface area contributed by atoms with Gasteiger partial charge in [0.05, 0.1) is 0 Å². The van der Waals surface area contributed by atoms with Crippen LogP contribution < -0.4 is 5.32 Å². The minimum Gasteiger partial charge on any atom is -0.396 e. The summed E-state index contributed by atoms with van der Waals surface area (Å²) in [7, 11) is 0. The largest absolute Gasteiger partial charge is 0.396 e. The Kier molecular flexibility index (Phi) is 4.77. The Labute approximate surface area is 120 Å². The summed E-state index contributed by atoms with van der Waals surface area (Å²) < 4.78 is 27.2. The van der Waals surface area contributed by atoms with Gasteiger partial charge in [-0.25, -0.2) is 13.6 Å². The van der Waals surface area contributed by atoms with E-state index in [4.69, 9.17) is 16.7 Å². The number of aliphatic hydroxyl groups excluding tert-OH is 1. The molecule has 0 aromatic heterocycles. The van der Waals surface area contributed by atoms with Crippen molar-refractivity contribution < 1.29 is 18.7 Å². The van der Waals surface area contributed by atoms with Crippen LogP contribution in [0, 0.1) is 17.6 Å². The van der Waals surface area contributed by atoms with E-state index in [1.807, 2.05) is 0 Å². The van der Waals surface area contributed by atoms with Crippen LogP contribution in [-0.4, -0.2) is 35.7 Å². The Morgan fingerprint density at radius 3 is 2.70 bits per heavy atom. The Morgan fingerprint density at radius 1 is 1.45 bits per heavy atom. The van der Waals surface area contributed by atoms with Gasteiger partial charge in [0.25, 0.3) is 0 Å². The molecule has 110 valence electrons. The van der Waals surface area contributed by atoms with E-state index >= 15 is 0 Å². The average Bonchev–Trinajstić information content (AvgIpc) is 2.42. The molecular weight excluding hydrogens is 290 g/mol.